The topological polar surface area (TPSA) is 120 Å². The summed E-state index contributed by atoms with van der Waals surface area (Å²) in [5.41, 5.74) is 0.251. The Bertz CT molecular complexity index is 1210. The number of pyridine rings is 1. The van der Waals surface area contributed by atoms with Crippen LogP contribution < -0.4 is 10.3 Å². The van der Waals surface area contributed by atoms with Crippen molar-refractivity contribution in [3.05, 3.63) is 39.9 Å². The van der Waals surface area contributed by atoms with E-state index >= 15 is 0 Å². The number of aromatic carboxylic acids is 1. The summed E-state index contributed by atoms with van der Waals surface area (Å²) in [7, 11) is -1.57. The molecule has 2 aromatic rings. The Morgan fingerprint density at radius 2 is 1.81 bits per heavy atom. The van der Waals surface area contributed by atoms with Gasteiger partial charge in [0.15, 0.2) is 0 Å². The van der Waals surface area contributed by atoms with Crippen LogP contribution in [0, 0.1) is 5.82 Å². The van der Waals surface area contributed by atoms with Gasteiger partial charge in [-0.15, -0.1) is 0 Å². The molecule has 2 N–H and O–H groups in total. The van der Waals surface area contributed by atoms with Gasteiger partial charge in [-0.25, -0.2) is 9.18 Å². The summed E-state index contributed by atoms with van der Waals surface area (Å²) in [5.74, 6) is -1.72. The first kappa shape index (κ1) is 21.7. The second-order valence-corrected chi connectivity index (χ2v) is 9.97. The van der Waals surface area contributed by atoms with E-state index in [4.69, 9.17) is 4.55 Å². The van der Waals surface area contributed by atoms with Crippen LogP contribution in [-0.2, 0) is 10.1 Å². The molecule has 2 bridgehead atoms. The van der Waals surface area contributed by atoms with E-state index in [2.05, 4.69) is 16.8 Å². The molecule has 2 aliphatic heterocycles. The van der Waals surface area contributed by atoms with Crippen LogP contribution in [0.4, 0.5) is 10.1 Å². The van der Waals surface area contributed by atoms with Crippen LogP contribution in [0.3, 0.4) is 0 Å². The van der Waals surface area contributed by atoms with Gasteiger partial charge in [-0.2, -0.15) is 8.42 Å². The normalized spacial score (nSPS) is 23.2. The number of halogens is 1. The van der Waals surface area contributed by atoms with Crippen molar-refractivity contribution in [2.24, 2.45) is 0 Å². The Kier molecular flexibility index (Phi) is 5.31. The third kappa shape index (κ3) is 4.30. The summed E-state index contributed by atoms with van der Waals surface area (Å²) in [6, 6.07) is 3.90. The minimum atomic E-state index is -3.67. The van der Waals surface area contributed by atoms with Gasteiger partial charge in [0.25, 0.3) is 10.1 Å². The van der Waals surface area contributed by atoms with Crippen LogP contribution in [-0.4, -0.2) is 72.0 Å². The van der Waals surface area contributed by atoms with Crippen molar-refractivity contribution in [3.63, 3.8) is 0 Å². The standard InChI is InChI=1S/C19H20FN3O3.CH4O3S/c1-21-7-12-4-11(21)8-22(12)17-6-16-13(5-15(17)20)18(24)14(19(25)26)9-23(16)10-2-3-10;1-5(2,3)4/h5-6,9-12H,2-4,7-8H2,1H3,(H,25,26);1H3,(H,2,3,4)/t11-,12+;/m1./s1. The number of likely N-dealkylation sites (tertiary alicyclic amines) is 1. The Labute approximate surface area is 178 Å². The lowest BCUT2D eigenvalue weighted by Crippen LogP contribution is -2.44. The highest BCUT2D eigenvalue weighted by Crippen LogP contribution is 2.40. The maximum atomic E-state index is 14.9. The summed E-state index contributed by atoms with van der Waals surface area (Å²) in [6.45, 7) is 1.69. The van der Waals surface area contributed by atoms with E-state index in [0.717, 1.165) is 32.4 Å². The number of likely N-dealkylation sites (N-methyl/N-ethyl adjacent to an activating group) is 1. The highest BCUT2D eigenvalue weighted by atomic mass is 32.2. The fourth-order valence-electron chi connectivity index (χ4n) is 4.55. The molecule has 5 rings (SSSR count). The molecule has 31 heavy (non-hydrogen) atoms. The maximum absolute atomic E-state index is 14.9. The molecule has 0 radical (unpaired) electrons. The Morgan fingerprint density at radius 1 is 1.16 bits per heavy atom. The van der Waals surface area contributed by atoms with E-state index in [0.29, 0.717) is 23.5 Å². The average Bonchev–Trinajstić information content (AvgIpc) is 3.32. The molecule has 2 atom stereocenters. The van der Waals surface area contributed by atoms with Crippen LogP contribution >= 0.6 is 0 Å². The van der Waals surface area contributed by atoms with Gasteiger partial charge in [-0.05, 0) is 38.4 Å². The quantitative estimate of drug-likeness (QED) is 0.672. The summed E-state index contributed by atoms with van der Waals surface area (Å²) in [6.07, 6.45) is 5.07. The van der Waals surface area contributed by atoms with Gasteiger partial charge in [-0.1, -0.05) is 0 Å². The second kappa shape index (κ2) is 7.57. The average molecular weight is 453 g/mol. The largest absolute Gasteiger partial charge is 0.477 e. The molecule has 0 unspecified atom stereocenters. The zero-order valence-electron chi connectivity index (χ0n) is 17.2. The van der Waals surface area contributed by atoms with Crippen LogP contribution in [0.2, 0.25) is 0 Å². The minimum Gasteiger partial charge on any atom is -0.477 e. The number of benzene rings is 1. The van der Waals surface area contributed by atoms with Crippen molar-refractivity contribution < 1.29 is 27.3 Å². The van der Waals surface area contributed by atoms with E-state index in [9.17, 15) is 27.5 Å². The first-order valence-electron chi connectivity index (χ1n) is 9.95. The van der Waals surface area contributed by atoms with Gasteiger partial charge in [0, 0.05) is 42.8 Å². The second-order valence-electron chi connectivity index (χ2n) is 8.50. The molecule has 1 aliphatic carbocycles. The van der Waals surface area contributed by atoms with Crippen molar-refractivity contribution in [3.8, 4) is 0 Å². The van der Waals surface area contributed by atoms with E-state index in [1.54, 1.807) is 6.07 Å². The van der Waals surface area contributed by atoms with Crippen molar-refractivity contribution in [1.82, 2.24) is 9.47 Å². The molecule has 9 nitrogen and oxygen atoms in total. The number of piperazine rings is 1. The molecule has 1 aromatic heterocycles. The van der Waals surface area contributed by atoms with Gasteiger partial charge in [0.05, 0.1) is 17.5 Å². The van der Waals surface area contributed by atoms with Gasteiger partial charge < -0.3 is 14.6 Å². The lowest BCUT2D eigenvalue weighted by atomic mass is 10.1. The third-order valence-corrected chi connectivity index (χ3v) is 6.10. The summed E-state index contributed by atoms with van der Waals surface area (Å²) in [4.78, 5) is 28.4. The minimum absolute atomic E-state index is 0.152. The molecule has 1 saturated carbocycles. The number of nitrogens with zero attached hydrogens (tertiary/aromatic N) is 3. The molecule has 0 spiro atoms. The number of carboxylic acid groups (broad SMARTS) is 1. The molecule has 11 heteroatoms. The van der Waals surface area contributed by atoms with Crippen LogP contribution in [0.5, 0.6) is 0 Å². The number of fused-ring (bicyclic) bond motifs is 3. The van der Waals surface area contributed by atoms with E-state index in [1.807, 2.05) is 4.57 Å². The van der Waals surface area contributed by atoms with Crippen molar-refractivity contribution in [2.75, 3.05) is 31.3 Å². The highest BCUT2D eigenvalue weighted by Gasteiger charge is 2.42. The highest BCUT2D eigenvalue weighted by molar-refractivity contribution is 7.85. The van der Waals surface area contributed by atoms with Gasteiger partial charge >= 0.3 is 5.97 Å². The fraction of sp³-hybridized carbons (Fsp3) is 0.500. The lowest BCUT2D eigenvalue weighted by Gasteiger charge is -2.34. The monoisotopic (exact) mass is 453 g/mol. The van der Waals surface area contributed by atoms with E-state index < -0.39 is 27.3 Å². The van der Waals surface area contributed by atoms with E-state index in [1.165, 1.54) is 12.3 Å². The SMILES string of the molecule is CN1C[C@@H]2C[C@@H]1CN2c1cc2c(cc1F)c(=O)c(C(=O)O)cn2C1CC1.CS(=O)(=O)O. The fourth-order valence-corrected chi connectivity index (χ4v) is 4.55. The summed E-state index contributed by atoms with van der Waals surface area (Å²) < 4.78 is 42.6. The number of hydrogen-bond donors (Lipinski definition) is 2. The zero-order chi connectivity index (χ0) is 22.7. The molecule has 1 aromatic carbocycles. The molecular formula is C20H24FN3O6S. The lowest BCUT2D eigenvalue weighted by molar-refractivity contribution is 0.0694. The predicted octanol–water partition coefficient (Wildman–Crippen LogP) is 1.57. The smallest absolute Gasteiger partial charge is 0.341 e. The van der Waals surface area contributed by atoms with Crippen molar-refractivity contribution in [2.45, 2.75) is 37.4 Å². The summed E-state index contributed by atoms with van der Waals surface area (Å²) in [5, 5.41) is 9.48. The molecule has 3 aliphatic rings. The number of rotatable bonds is 3. The number of aromatic nitrogens is 1. The van der Waals surface area contributed by atoms with Crippen molar-refractivity contribution in [1.29, 1.82) is 0 Å². The zero-order valence-corrected chi connectivity index (χ0v) is 18.0. The van der Waals surface area contributed by atoms with Crippen molar-refractivity contribution >= 4 is 32.7 Å². The van der Waals surface area contributed by atoms with Crippen LogP contribution in [0.25, 0.3) is 10.9 Å². The predicted molar refractivity (Wildman–Crippen MR) is 113 cm³/mol. The Hall–Kier alpha value is -2.50. The molecule has 3 heterocycles. The third-order valence-electron chi connectivity index (χ3n) is 6.10. The number of carbonyl (C=O) groups is 1. The Morgan fingerprint density at radius 3 is 2.29 bits per heavy atom. The first-order valence-corrected chi connectivity index (χ1v) is 11.8. The van der Waals surface area contributed by atoms with Gasteiger partial charge in [0.2, 0.25) is 5.43 Å². The first-order chi connectivity index (χ1) is 14.4. The molecule has 2 saturated heterocycles. The number of hydrogen-bond acceptors (Lipinski definition) is 6. The number of carboxylic acids is 1. The Balaban J connectivity index is 0.000000418. The molecule has 168 valence electrons. The van der Waals surface area contributed by atoms with Crippen LogP contribution in [0.15, 0.2) is 23.1 Å². The van der Waals surface area contributed by atoms with E-state index in [-0.39, 0.29) is 23.0 Å². The maximum Gasteiger partial charge on any atom is 0.341 e. The molecule has 3 fully saturated rings. The molecular weight excluding hydrogens is 429 g/mol. The molecule has 0 amide bonds. The number of anilines is 1. The van der Waals surface area contributed by atoms with Gasteiger partial charge in [0.1, 0.15) is 11.4 Å². The van der Waals surface area contributed by atoms with Gasteiger partial charge in [-0.3, -0.25) is 14.2 Å². The van der Waals surface area contributed by atoms with Crippen LogP contribution in [0.1, 0.15) is 35.7 Å². The summed E-state index contributed by atoms with van der Waals surface area (Å²) >= 11 is 0.